The molecule has 3 fully saturated rings. The smallest absolute Gasteiger partial charge is 0.431 e. The molecule has 29 heavy (non-hydrogen) atoms. The zero-order chi connectivity index (χ0) is 21.6. The van der Waals surface area contributed by atoms with E-state index in [1.54, 1.807) is 0 Å². The van der Waals surface area contributed by atoms with Gasteiger partial charge in [-0.3, -0.25) is 4.79 Å². The van der Waals surface area contributed by atoms with Gasteiger partial charge in [0, 0.05) is 19.8 Å². The van der Waals surface area contributed by atoms with E-state index in [-0.39, 0.29) is 6.10 Å². The largest absolute Gasteiger partial charge is 0.511 e. The van der Waals surface area contributed by atoms with Crippen molar-refractivity contribution in [1.82, 2.24) is 4.90 Å². The Kier molecular flexibility index (Phi) is 5.80. The lowest BCUT2D eigenvalue weighted by molar-refractivity contribution is -0.183. The first-order chi connectivity index (χ1) is 13.5. The van der Waals surface area contributed by atoms with Crippen LogP contribution in [0.25, 0.3) is 0 Å². The summed E-state index contributed by atoms with van der Waals surface area (Å²) in [5.74, 6) is -2.75. The third-order valence-electron chi connectivity index (χ3n) is 5.57. The second-order valence-corrected chi connectivity index (χ2v) is 10.4. The van der Waals surface area contributed by atoms with Crippen LogP contribution in [0.2, 0.25) is 0 Å². The van der Waals surface area contributed by atoms with Gasteiger partial charge in [-0.25, -0.2) is 18.0 Å². The molecule has 3 saturated heterocycles. The van der Waals surface area contributed by atoms with Crippen molar-refractivity contribution in [2.45, 2.75) is 62.2 Å². The number of rotatable bonds is 5. The van der Waals surface area contributed by atoms with Crippen molar-refractivity contribution in [3.63, 3.8) is 0 Å². The summed E-state index contributed by atoms with van der Waals surface area (Å²) < 4.78 is 44.2. The monoisotopic (exact) mass is 435 g/mol. The molecule has 0 aromatic heterocycles. The number of carbonyl (C=O) groups excluding carboxylic acids is 3. The van der Waals surface area contributed by atoms with Crippen molar-refractivity contribution < 1.29 is 46.9 Å². The fraction of sp³-hybridized carbons (Fsp3) is 0.824. The third kappa shape index (κ3) is 3.57. The lowest BCUT2D eigenvalue weighted by Gasteiger charge is -2.42. The van der Waals surface area contributed by atoms with Crippen LogP contribution < -0.4 is 0 Å². The maximum Gasteiger partial charge on any atom is 0.511 e. The summed E-state index contributed by atoms with van der Waals surface area (Å²) >= 11 is 0. The Hall–Kier alpha value is -1.92. The van der Waals surface area contributed by atoms with Crippen molar-refractivity contribution in [2.75, 3.05) is 19.8 Å². The van der Waals surface area contributed by atoms with Crippen LogP contribution in [0.15, 0.2) is 0 Å². The van der Waals surface area contributed by atoms with E-state index in [4.69, 9.17) is 18.9 Å². The Morgan fingerprint density at radius 1 is 1.28 bits per heavy atom. The molecule has 12 heteroatoms. The second-order valence-electron chi connectivity index (χ2n) is 7.78. The maximum atomic E-state index is 12.8. The molecule has 0 radical (unpaired) electrons. The van der Waals surface area contributed by atoms with Crippen LogP contribution in [0.5, 0.6) is 0 Å². The van der Waals surface area contributed by atoms with Gasteiger partial charge in [0.25, 0.3) is 0 Å². The molecule has 4 atom stereocenters. The van der Waals surface area contributed by atoms with Gasteiger partial charge in [-0.1, -0.05) is 0 Å². The molecule has 0 aromatic rings. The van der Waals surface area contributed by atoms with Crippen molar-refractivity contribution in [3.05, 3.63) is 0 Å². The van der Waals surface area contributed by atoms with Crippen molar-refractivity contribution in [2.24, 2.45) is 5.92 Å². The molecule has 1 N–H and O–H groups in total. The van der Waals surface area contributed by atoms with E-state index in [2.05, 4.69) is 0 Å². The van der Waals surface area contributed by atoms with Gasteiger partial charge in [-0.15, -0.1) is 0 Å². The van der Waals surface area contributed by atoms with Crippen LogP contribution in [0.3, 0.4) is 0 Å². The van der Waals surface area contributed by atoms with E-state index in [9.17, 15) is 27.9 Å². The van der Waals surface area contributed by atoms with Gasteiger partial charge < -0.3 is 29.0 Å². The third-order valence-corrected chi connectivity index (χ3v) is 8.45. The van der Waals surface area contributed by atoms with Gasteiger partial charge >= 0.3 is 12.1 Å². The Balaban J connectivity index is 1.63. The maximum absolute atomic E-state index is 12.8. The fourth-order valence-electron chi connectivity index (χ4n) is 3.90. The summed E-state index contributed by atoms with van der Waals surface area (Å²) in [5, 5.41) is 8.03. The molecular formula is C17H25NO10S. The van der Waals surface area contributed by atoms with E-state index in [1.807, 2.05) is 0 Å². The number of amides is 1. The van der Waals surface area contributed by atoms with Crippen LogP contribution in [-0.4, -0.2) is 84.8 Å². The summed E-state index contributed by atoms with van der Waals surface area (Å²) in [7, 11) is -3.93. The number of aliphatic hydroxyl groups is 1. The molecule has 3 aliphatic heterocycles. The Labute approximate surface area is 168 Å². The van der Waals surface area contributed by atoms with Gasteiger partial charge in [0.05, 0.1) is 30.5 Å². The zero-order valence-electron chi connectivity index (χ0n) is 16.4. The summed E-state index contributed by atoms with van der Waals surface area (Å²) in [6.45, 7) is 4.22. The number of carbonyl (C=O) groups is 3. The number of nitrogens with zero attached hydrogens (tertiary/aromatic N) is 1. The van der Waals surface area contributed by atoms with Crippen molar-refractivity contribution >= 4 is 27.9 Å². The lowest BCUT2D eigenvalue weighted by atomic mass is 9.92. The molecule has 11 nitrogen and oxygen atoms in total. The highest BCUT2D eigenvalue weighted by atomic mass is 32.2. The quantitative estimate of drug-likeness (QED) is 0.342. The molecule has 3 rings (SSSR count). The highest BCUT2D eigenvalue weighted by molar-refractivity contribution is 7.93. The van der Waals surface area contributed by atoms with E-state index in [0.29, 0.717) is 26.1 Å². The topological polar surface area (TPSA) is 146 Å². The Morgan fingerprint density at radius 3 is 2.48 bits per heavy atom. The van der Waals surface area contributed by atoms with Crippen LogP contribution >= 0.6 is 0 Å². The van der Waals surface area contributed by atoms with Crippen LogP contribution in [0.1, 0.15) is 33.6 Å². The highest BCUT2D eigenvalue weighted by Crippen LogP contribution is 2.48. The number of esters is 1. The average molecular weight is 435 g/mol. The number of hydrogen-bond acceptors (Lipinski definition) is 10. The molecule has 1 amide bonds. The van der Waals surface area contributed by atoms with Crippen LogP contribution in [0.4, 0.5) is 4.79 Å². The van der Waals surface area contributed by atoms with Gasteiger partial charge in [0.1, 0.15) is 17.5 Å². The van der Waals surface area contributed by atoms with Crippen molar-refractivity contribution in [1.29, 1.82) is 0 Å². The normalized spacial score (nSPS) is 31.4. The lowest BCUT2D eigenvalue weighted by Crippen LogP contribution is -2.64. The number of hydrogen-bond donors (Lipinski definition) is 1. The standard InChI is InChI=1S/C17H25NO10S/c1-9(27-16(22)28-10-4-6-25-7-5-10)26-15(21)12-17(2,3)29(23,24)14-11(8-19)13(20)18(12)14/h9-12,14,19H,4-8H2,1-3H3/t9?,11-,12+,14?/m1/s1. The molecule has 0 saturated carbocycles. The first-order valence-corrected chi connectivity index (χ1v) is 10.9. The predicted molar refractivity (Wildman–Crippen MR) is 95.0 cm³/mol. The van der Waals surface area contributed by atoms with Crippen LogP contribution in [-0.2, 0) is 38.4 Å². The molecule has 2 unspecified atom stereocenters. The summed E-state index contributed by atoms with van der Waals surface area (Å²) in [6, 6.07) is -1.41. The SMILES string of the molecule is CC(OC(=O)OC1CCOCC1)OC(=O)[C@@H]1N2C(=O)[C@@H](CO)C2S(=O)(=O)C1(C)C. The first kappa shape index (κ1) is 21.8. The number of fused-ring (bicyclic) bond motifs is 1. The van der Waals surface area contributed by atoms with Gasteiger partial charge in [-0.2, -0.15) is 0 Å². The minimum Gasteiger partial charge on any atom is -0.431 e. The summed E-state index contributed by atoms with van der Waals surface area (Å²) in [5.41, 5.74) is 0. The van der Waals surface area contributed by atoms with E-state index in [1.165, 1.54) is 20.8 Å². The minimum atomic E-state index is -3.93. The van der Waals surface area contributed by atoms with Crippen LogP contribution in [0, 0.1) is 5.92 Å². The molecule has 0 aromatic carbocycles. The number of ether oxygens (including phenoxy) is 4. The molecule has 0 spiro atoms. The number of β-lactam (4-membered cyclic amide) rings is 1. The van der Waals surface area contributed by atoms with E-state index < -0.39 is 62.8 Å². The Morgan fingerprint density at radius 2 is 1.90 bits per heavy atom. The summed E-state index contributed by atoms with van der Waals surface area (Å²) in [4.78, 5) is 37.7. The average Bonchev–Trinajstić information content (AvgIpc) is 2.77. The molecule has 3 aliphatic rings. The molecule has 164 valence electrons. The van der Waals surface area contributed by atoms with E-state index >= 15 is 0 Å². The van der Waals surface area contributed by atoms with Gasteiger partial charge in [0.15, 0.2) is 9.84 Å². The highest BCUT2D eigenvalue weighted by Gasteiger charge is 2.72. The predicted octanol–water partition coefficient (Wildman–Crippen LogP) is -0.440. The minimum absolute atomic E-state index is 0.354. The first-order valence-electron chi connectivity index (χ1n) is 9.34. The number of aliphatic hydroxyl groups excluding tert-OH is 1. The molecule has 0 aliphatic carbocycles. The molecule has 3 heterocycles. The van der Waals surface area contributed by atoms with Gasteiger partial charge in [-0.05, 0) is 13.8 Å². The number of sulfone groups is 1. The van der Waals surface area contributed by atoms with E-state index in [0.717, 1.165) is 4.90 Å². The summed E-state index contributed by atoms with van der Waals surface area (Å²) in [6.07, 6.45) is -1.66. The van der Waals surface area contributed by atoms with Gasteiger partial charge in [0.2, 0.25) is 12.2 Å². The fourth-order valence-corrected chi connectivity index (χ4v) is 6.21. The van der Waals surface area contributed by atoms with Crippen molar-refractivity contribution in [3.8, 4) is 0 Å². The molecule has 0 bridgehead atoms. The molecular weight excluding hydrogens is 410 g/mol. The Bertz CT molecular complexity index is 788. The zero-order valence-corrected chi connectivity index (χ0v) is 17.2. The second kappa shape index (κ2) is 7.73.